The summed E-state index contributed by atoms with van der Waals surface area (Å²) in [6.45, 7) is 1.99. The van der Waals surface area contributed by atoms with E-state index in [9.17, 15) is 5.26 Å². The zero-order valence-electron chi connectivity index (χ0n) is 11.1. The second-order valence-corrected chi connectivity index (χ2v) is 6.91. The number of nitrogens with one attached hydrogen (secondary N) is 1. The van der Waals surface area contributed by atoms with Gasteiger partial charge in [-0.15, -0.1) is 0 Å². The Hall–Kier alpha value is -1.12. The average Bonchev–Trinajstić information content (AvgIpc) is 3.13. The van der Waals surface area contributed by atoms with E-state index in [1.54, 1.807) is 11.8 Å². The molecule has 2 atom stereocenters. The Morgan fingerprint density at radius 1 is 1.37 bits per heavy atom. The zero-order chi connectivity index (χ0) is 13.3. The molecule has 2 fully saturated rings. The molecule has 0 radical (unpaired) electrons. The molecule has 4 nitrogen and oxygen atoms in total. The van der Waals surface area contributed by atoms with Gasteiger partial charge in [-0.3, -0.25) is 5.32 Å². The monoisotopic (exact) mass is 274 g/mol. The second-order valence-electron chi connectivity index (χ2n) is 5.64. The van der Waals surface area contributed by atoms with E-state index in [4.69, 9.17) is 0 Å². The van der Waals surface area contributed by atoms with Gasteiger partial charge in [-0.2, -0.15) is 5.26 Å². The quantitative estimate of drug-likeness (QED) is 0.854. The van der Waals surface area contributed by atoms with Crippen molar-refractivity contribution < 1.29 is 0 Å². The molecular weight excluding hydrogens is 256 g/mol. The number of aryl methyl sites for hydroxylation is 1. The van der Waals surface area contributed by atoms with E-state index < -0.39 is 0 Å². The number of hydrogen-bond donors (Lipinski definition) is 1. The third-order valence-electron chi connectivity index (χ3n) is 3.77. The highest BCUT2D eigenvalue weighted by Gasteiger charge is 2.43. The van der Waals surface area contributed by atoms with Crippen LogP contribution in [0.1, 0.15) is 37.7 Å². The third-order valence-corrected chi connectivity index (χ3v) is 4.93. The summed E-state index contributed by atoms with van der Waals surface area (Å²) in [5.74, 6) is 0. The normalized spacial score (nSPS) is 30.2. The van der Waals surface area contributed by atoms with Crippen molar-refractivity contribution in [2.24, 2.45) is 0 Å². The highest BCUT2D eigenvalue weighted by atomic mass is 32.2. The lowest BCUT2D eigenvalue weighted by atomic mass is 10.00. The Morgan fingerprint density at radius 2 is 2.11 bits per heavy atom. The number of rotatable bonds is 4. The molecular formula is C14H18N4S. The van der Waals surface area contributed by atoms with Crippen LogP contribution >= 0.6 is 11.8 Å². The molecule has 2 aliphatic rings. The van der Waals surface area contributed by atoms with Crippen LogP contribution in [0.15, 0.2) is 17.6 Å². The molecule has 2 unspecified atom stereocenters. The first-order valence-corrected chi connectivity index (χ1v) is 7.71. The zero-order valence-corrected chi connectivity index (χ0v) is 11.9. The Balaban J connectivity index is 1.61. The molecule has 1 N–H and O–H groups in total. The first kappa shape index (κ1) is 12.9. The minimum Gasteiger partial charge on any atom is -0.297 e. The highest BCUT2D eigenvalue weighted by Crippen LogP contribution is 2.40. The van der Waals surface area contributed by atoms with Crippen LogP contribution in [0.4, 0.5) is 0 Å². The van der Waals surface area contributed by atoms with Crippen molar-refractivity contribution in [3.8, 4) is 6.07 Å². The summed E-state index contributed by atoms with van der Waals surface area (Å²) in [7, 11) is 0. The molecule has 2 aliphatic carbocycles. The summed E-state index contributed by atoms with van der Waals surface area (Å²) in [6, 6.07) is 3.09. The van der Waals surface area contributed by atoms with Gasteiger partial charge in [0.1, 0.15) is 5.54 Å². The summed E-state index contributed by atoms with van der Waals surface area (Å²) < 4.78 is 0. The van der Waals surface area contributed by atoms with Crippen LogP contribution < -0.4 is 5.32 Å². The summed E-state index contributed by atoms with van der Waals surface area (Å²) in [5.41, 5.74) is 0.779. The Labute approximate surface area is 118 Å². The first-order chi connectivity index (χ1) is 9.19. The lowest BCUT2D eigenvalue weighted by Gasteiger charge is -2.22. The fourth-order valence-corrected chi connectivity index (χ4v) is 3.70. The minimum absolute atomic E-state index is 0.302. The van der Waals surface area contributed by atoms with Gasteiger partial charge in [-0.1, -0.05) is 11.8 Å². The van der Waals surface area contributed by atoms with Gasteiger partial charge in [0.2, 0.25) is 0 Å². The standard InChI is InChI=1S/C14H18N4S/c1-10-7-16-13(17-8-10)19-12-4-5-14(6-12,9-15)18-11-2-3-11/h7-8,11-12,18H,2-6H2,1H3. The maximum Gasteiger partial charge on any atom is 0.187 e. The Kier molecular flexibility index (Phi) is 3.46. The summed E-state index contributed by atoms with van der Waals surface area (Å²) in [4.78, 5) is 8.67. The van der Waals surface area contributed by atoms with Crippen molar-refractivity contribution in [2.75, 3.05) is 0 Å². The molecule has 0 bridgehead atoms. The molecule has 5 heteroatoms. The fraction of sp³-hybridized carbons (Fsp3) is 0.643. The molecule has 0 aliphatic heterocycles. The largest absolute Gasteiger partial charge is 0.297 e. The van der Waals surface area contributed by atoms with Crippen LogP contribution in [-0.2, 0) is 0 Å². The van der Waals surface area contributed by atoms with Gasteiger partial charge in [0.25, 0.3) is 0 Å². The van der Waals surface area contributed by atoms with E-state index in [2.05, 4.69) is 21.4 Å². The number of thioether (sulfide) groups is 1. The maximum atomic E-state index is 9.46. The van der Waals surface area contributed by atoms with Gasteiger partial charge in [-0.25, -0.2) is 9.97 Å². The van der Waals surface area contributed by atoms with Gasteiger partial charge in [0.05, 0.1) is 6.07 Å². The molecule has 0 saturated heterocycles. The Bertz CT molecular complexity index is 491. The smallest absolute Gasteiger partial charge is 0.187 e. The predicted octanol–water partition coefficient (Wildman–Crippen LogP) is 2.44. The van der Waals surface area contributed by atoms with Crippen LogP contribution in [0.25, 0.3) is 0 Å². The molecule has 100 valence electrons. The van der Waals surface area contributed by atoms with Gasteiger partial charge in [0.15, 0.2) is 5.16 Å². The van der Waals surface area contributed by atoms with Crippen molar-refractivity contribution >= 4 is 11.8 Å². The summed E-state index contributed by atoms with van der Waals surface area (Å²) >= 11 is 1.71. The van der Waals surface area contributed by atoms with Crippen LogP contribution in [0.2, 0.25) is 0 Å². The molecule has 19 heavy (non-hydrogen) atoms. The number of nitriles is 1. The van der Waals surface area contributed by atoms with Crippen molar-refractivity contribution in [1.82, 2.24) is 15.3 Å². The molecule has 2 saturated carbocycles. The van der Waals surface area contributed by atoms with Gasteiger partial charge in [0, 0.05) is 23.7 Å². The van der Waals surface area contributed by atoms with Crippen molar-refractivity contribution in [1.29, 1.82) is 5.26 Å². The van der Waals surface area contributed by atoms with Crippen LogP contribution in [0.3, 0.4) is 0 Å². The van der Waals surface area contributed by atoms with Gasteiger partial charge in [-0.05, 0) is 44.6 Å². The molecule has 0 amide bonds. The van der Waals surface area contributed by atoms with Crippen molar-refractivity contribution in [3.63, 3.8) is 0 Å². The van der Waals surface area contributed by atoms with E-state index >= 15 is 0 Å². The molecule has 3 rings (SSSR count). The van der Waals surface area contributed by atoms with E-state index in [1.165, 1.54) is 12.8 Å². The van der Waals surface area contributed by atoms with Crippen molar-refractivity contribution in [3.05, 3.63) is 18.0 Å². The third kappa shape index (κ3) is 3.07. The van der Waals surface area contributed by atoms with E-state index in [0.29, 0.717) is 11.3 Å². The molecule has 0 aromatic carbocycles. The second kappa shape index (κ2) is 5.10. The average molecular weight is 274 g/mol. The topological polar surface area (TPSA) is 61.6 Å². The predicted molar refractivity (Wildman–Crippen MR) is 74.8 cm³/mol. The van der Waals surface area contributed by atoms with E-state index in [-0.39, 0.29) is 5.54 Å². The molecule has 1 aromatic rings. The summed E-state index contributed by atoms with van der Waals surface area (Å²) in [6.07, 6.45) is 9.07. The summed E-state index contributed by atoms with van der Waals surface area (Å²) in [5, 5.41) is 14.3. The van der Waals surface area contributed by atoms with Crippen molar-refractivity contribution in [2.45, 2.75) is 61.0 Å². The Morgan fingerprint density at radius 3 is 2.74 bits per heavy atom. The SMILES string of the molecule is Cc1cnc(SC2CCC(C#N)(NC3CC3)C2)nc1. The van der Waals surface area contributed by atoms with Crippen LogP contribution in [-0.4, -0.2) is 26.8 Å². The first-order valence-electron chi connectivity index (χ1n) is 6.83. The highest BCUT2D eigenvalue weighted by molar-refractivity contribution is 7.99. The van der Waals surface area contributed by atoms with E-state index in [1.807, 2.05) is 19.3 Å². The lowest BCUT2D eigenvalue weighted by molar-refractivity contribution is 0.420. The lowest BCUT2D eigenvalue weighted by Crippen LogP contribution is -2.43. The minimum atomic E-state index is -0.302. The van der Waals surface area contributed by atoms with Gasteiger partial charge < -0.3 is 0 Å². The van der Waals surface area contributed by atoms with Crippen LogP contribution in [0.5, 0.6) is 0 Å². The molecule has 0 spiro atoms. The number of aromatic nitrogens is 2. The molecule has 1 heterocycles. The maximum absolute atomic E-state index is 9.46. The number of hydrogen-bond acceptors (Lipinski definition) is 5. The van der Waals surface area contributed by atoms with Gasteiger partial charge >= 0.3 is 0 Å². The number of nitrogens with zero attached hydrogens (tertiary/aromatic N) is 3. The van der Waals surface area contributed by atoms with Crippen LogP contribution in [0, 0.1) is 18.3 Å². The molecule has 1 aromatic heterocycles. The fourth-order valence-electron chi connectivity index (χ4n) is 2.57. The van der Waals surface area contributed by atoms with E-state index in [0.717, 1.165) is 30.0 Å².